The summed E-state index contributed by atoms with van der Waals surface area (Å²) in [5.41, 5.74) is 11.4. The number of hydrogen-bond acceptors (Lipinski definition) is 3. The van der Waals surface area contributed by atoms with Crippen LogP contribution >= 0.6 is 0 Å². The number of nitrogens with two attached hydrogens (primary N) is 1. The first-order valence-electron chi connectivity index (χ1n) is 6.96. The Morgan fingerprint density at radius 1 is 1.15 bits per heavy atom. The van der Waals surface area contributed by atoms with Gasteiger partial charge in [-0.2, -0.15) is 0 Å². The Morgan fingerprint density at radius 3 is 2.50 bits per heavy atom. The number of likely N-dealkylation sites (N-methyl/N-ethyl adjacent to an activating group) is 1. The molecule has 0 fully saturated rings. The molecule has 1 heterocycles. The Hall–Kier alpha value is -1.71. The lowest BCUT2D eigenvalue weighted by Crippen LogP contribution is -2.29. The quantitative estimate of drug-likeness (QED) is 0.907. The van der Waals surface area contributed by atoms with Gasteiger partial charge in [-0.15, -0.1) is 0 Å². The molecular formula is C17H23N3. The van der Waals surface area contributed by atoms with Gasteiger partial charge in [0.1, 0.15) is 0 Å². The average Bonchev–Trinajstić information content (AvgIpc) is 2.39. The van der Waals surface area contributed by atoms with Crippen molar-refractivity contribution in [3.63, 3.8) is 0 Å². The maximum atomic E-state index is 6.35. The van der Waals surface area contributed by atoms with Crippen LogP contribution in [0.25, 0.3) is 0 Å². The lowest BCUT2D eigenvalue weighted by atomic mass is 9.99. The number of nitrogens with zero attached hydrogens (tertiary/aromatic N) is 2. The first-order chi connectivity index (χ1) is 9.56. The van der Waals surface area contributed by atoms with Crippen LogP contribution in [0.2, 0.25) is 0 Å². The van der Waals surface area contributed by atoms with Crippen molar-refractivity contribution in [3.8, 4) is 0 Å². The van der Waals surface area contributed by atoms with Crippen LogP contribution in [0.3, 0.4) is 0 Å². The molecule has 1 unspecified atom stereocenters. The molecular weight excluding hydrogens is 246 g/mol. The molecule has 3 nitrogen and oxygen atoms in total. The SMILES string of the molecule is Cc1ccc(C(N)CN(C)Cc2ccncc2)c(C)c1. The van der Waals surface area contributed by atoms with Crippen LogP contribution in [0.5, 0.6) is 0 Å². The second-order valence-corrected chi connectivity index (χ2v) is 5.52. The fourth-order valence-electron chi connectivity index (χ4n) is 2.54. The molecule has 1 aromatic heterocycles. The predicted octanol–water partition coefficient (Wildman–Crippen LogP) is 2.83. The van der Waals surface area contributed by atoms with Crippen molar-refractivity contribution in [1.29, 1.82) is 0 Å². The van der Waals surface area contributed by atoms with Crippen LogP contribution < -0.4 is 5.73 Å². The summed E-state index contributed by atoms with van der Waals surface area (Å²) in [4.78, 5) is 6.29. The summed E-state index contributed by atoms with van der Waals surface area (Å²) in [5, 5.41) is 0. The predicted molar refractivity (Wildman–Crippen MR) is 83.4 cm³/mol. The minimum absolute atomic E-state index is 0.0439. The third kappa shape index (κ3) is 3.89. The smallest absolute Gasteiger partial charge is 0.0426 e. The Morgan fingerprint density at radius 2 is 1.85 bits per heavy atom. The monoisotopic (exact) mass is 269 g/mol. The van der Waals surface area contributed by atoms with Crippen molar-refractivity contribution in [2.75, 3.05) is 13.6 Å². The van der Waals surface area contributed by atoms with Crippen LogP contribution in [-0.2, 0) is 6.54 Å². The van der Waals surface area contributed by atoms with Crippen molar-refractivity contribution in [2.45, 2.75) is 26.4 Å². The molecule has 0 spiro atoms. The number of hydrogen-bond donors (Lipinski definition) is 1. The van der Waals surface area contributed by atoms with Crippen molar-refractivity contribution < 1.29 is 0 Å². The number of rotatable bonds is 5. The molecule has 0 saturated heterocycles. The summed E-state index contributed by atoms with van der Waals surface area (Å²) in [6, 6.07) is 10.6. The van der Waals surface area contributed by atoms with E-state index >= 15 is 0 Å². The zero-order valence-electron chi connectivity index (χ0n) is 12.5. The molecule has 20 heavy (non-hydrogen) atoms. The fraction of sp³-hybridized carbons (Fsp3) is 0.353. The van der Waals surface area contributed by atoms with Gasteiger partial charge in [0.05, 0.1) is 0 Å². The maximum absolute atomic E-state index is 6.35. The largest absolute Gasteiger partial charge is 0.323 e. The summed E-state index contributed by atoms with van der Waals surface area (Å²) in [6.07, 6.45) is 3.65. The molecule has 106 valence electrons. The molecule has 0 amide bonds. The van der Waals surface area contributed by atoms with Gasteiger partial charge < -0.3 is 10.6 Å². The Balaban J connectivity index is 1.98. The molecule has 1 aromatic carbocycles. The third-order valence-electron chi connectivity index (χ3n) is 3.53. The van der Waals surface area contributed by atoms with Gasteiger partial charge in [0.25, 0.3) is 0 Å². The van der Waals surface area contributed by atoms with Gasteiger partial charge in [-0.3, -0.25) is 4.98 Å². The van der Waals surface area contributed by atoms with E-state index in [1.807, 2.05) is 24.5 Å². The van der Waals surface area contributed by atoms with Crippen LogP contribution in [0.4, 0.5) is 0 Å². The second-order valence-electron chi connectivity index (χ2n) is 5.52. The first kappa shape index (κ1) is 14.7. The Kier molecular flexibility index (Phi) is 4.88. The summed E-state index contributed by atoms with van der Waals surface area (Å²) >= 11 is 0. The van der Waals surface area contributed by atoms with Gasteiger partial charge in [-0.1, -0.05) is 23.8 Å². The Labute approximate surface area is 121 Å². The van der Waals surface area contributed by atoms with Gasteiger partial charge in [-0.25, -0.2) is 0 Å². The van der Waals surface area contributed by atoms with E-state index in [9.17, 15) is 0 Å². The van der Waals surface area contributed by atoms with E-state index in [1.165, 1.54) is 22.3 Å². The van der Waals surface area contributed by atoms with E-state index in [0.29, 0.717) is 0 Å². The van der Waals surface area contributed by atoms with Crippen LogP contribution in [0.1, 0.15) is 28.3 Å². The highest BCUT2D eigenvalue weighted by Crippen LogP contribution is 2.18. The van der Waals surface area contributed by atoms with E-state index in [-0.39, 0.29) is 6.04 Å². The summed E-state index contributed by atoms with van der Waals surface area (Å²) < 4.78 is 0. The molecule has 3 heteroatoms. The second kappa shape index (κ2) is 6.64. The average molecular weight is 269 g/mol. The molecule has 0 aliphatic rings. The molecule has 2 N–H and O–H groups in total. The number of benzene rings is 1. The summed E-state index contributed by atoms with van der Waals surface area (Å²) in [5.74, 6) is 0. The molecule has 1 atom stereocenters. The van der Waals surface area contributed by atoms with Gasteiger partial charge in [0.2, 0.25) is 0 Å². The highest BCUT2D eigenvalue weighted by Gasteiger charge is 2.12. The lowest BCUT2D eigenvalue weighted by Gasteiger charge is -2.23. The lowest BCUT2D eigenvalue weighted by molar-refractivity contribution is 0.305. The van der Waals surface area contributed by atoms with E-state index < -0.39 is 0 Å². The molecule has 0 aliphatic heterocycles. The standard InChI is InChI=1S/C17H23N3/c1-13-4-5-16(14(2)10-13)17(18)12-20(3)11-15-6-8-19-9-7-15/h4-10,17H,11-12,18H2,1-3H3. The number of aryl methyl sites for hydroxylation is 2. The van der Waals surface area contributed by atoms with E-state index in [4.69, 9.17) is 5.73 Å². The number of pyridine rings is 1. The van der Waals surface area contributed by atoms with Crippen LogP contribution in [0.15, 0.2) is 42.7 Å². The van der Waals surface area contributed by atoms with E-state index in [2.05, 4.69) is 49.0 Å². The zero-order valence-corrected chi connectivity index (χ0v) is 12.5. The normalized spacial score (nSPS) is 12.7. The molecule has 0 radical (unpaired) electrons. The van der Waals surface area contributed by atoms with Crippen molar-refractivity contribution in [1.82, 2.24) is 9.88 Å². The van der Waals surface area contributed by atoms with Crippen molar-refractivity contribution in [2.24, 2.45) is 5.73 Å². The third-order valence-corrected chi connectivity index (χ3v) is 3.53. The highest BCUT2D eigenvalue weighted by molar-refractivity contribution is 5.32. The van der Waals surface area contributed by atoms with Crippen LogP contribution in [0, 0.1) is 13.8 Å². The van der Waals surface area contributed by atoms with E-state index in [0.717, 1.165) is 13.1 Å². The first-order valence-corrected chi connectivity index (χ1v) is 6.96. The highest BCUT2D eigenvalue weighted by atomic mass is 15.1. The van der Waals surface area contributed by atoms with Crippen LogP contribution in [-0.4, -0.2) is 23.5 Å². The summed E-state index contributed by atoms with van der Waals surface area (Å²) in [6.45, 7) is 5.97. The minimum atomic E-state index is 0.0439. The van der Waals surface area contributed by atoms with Gasteiger partial charge in [0, 0.05) is 31.5 Å². The topological polar surface area (TPSA) is 42.1 Å². The Bertz CT molecular complexity index is 551. The molecule has 0 bridgehead atoms. The summed E-state index contributed by atoms with van der Waals surface area (Å²) in [7, 11) is 2.10. The van der Waals surface area contributed by atoms with E-state index in [1.54, 1.807) is 0 Å². The van der Waals surface area contributed by atoms with Gasteiger partial charge in [0.15, 0.2) is 0 Å². The van der Waals surface area contributed by atoms with Gasteiger partial charge in [-0.05, 0) is 49.7 Å². The molecule has 2 aromatic rings. The minimum Gasteiger partial charge on any atom is -0.323 e. The maximum Gasteiger partial charge on any atom is 0.0426 e. The molecule has 2 rings (SSSR count). The van der Waals surface area contributed by atoms with Crippen molar-refractivity contribution in [3.05, 3.63) is 65.0 Å². The zero-order chi connectivity index (χ0) is 14.5. The van der Waals surface area contributed by atoms with Gasteiger partial charge >= 0.3 is 0 Å². The number of aromatic nitrogens is 1. The fourth-order valence-corrected chi connectivity index (χ4v) is 2.54. The molecule has 0 saturated carbocycles. The molecule has 0 aliphatic carbocycles. The van der Waals surface area contributed by atoms with Crippen molar-refractivity contribution >= 4 is 0 Å².